The van der Waals surface area contributed by atoms with Crippen LogP contribution in [0.5, 0.6) is 0 Å². The van der Waals surface area contributed by atoms with E-state index in [0.29, 0.717) is 0 Å². The van der Waals surface area contributed by atoms with E-state index in [9.17, 15) is 0 Å². The molecule has 1 aliphatic carbocycles. The van der Waals surface area contributed by atoms with Crippen LogP contribution in [-0.4, -0.2) is 0 Å². The monoisotopic (exact) mass is 436 g/mol. The minimum Gasteiger partial charge on any atom is -0.135 e. The van der Waals surface area contributed by atoms with E-state index in [-0.39, 0.29) is 5.41 Å². The molecule has 5 aromatic rings. The Bertz CT molecular complexity index is 1520. The van der Waals surface area contributed by atoms with E-state index in [1.54, 1.807) is 0 Å². The molecule has 0 nitrogen and oxygen atoms in total. The van der Waals surface area contributed by atoms with Gasteiger partial charge in [0.25, 0.3) is 0 Å². The first-order valence-corrected chi connectivity index (χ1v) is 11.7. The zero-order valence-corrected chi connectivity index (χ0v) is 19.0. The maximum absolute atomic E-state index is 6.29. The van der Waals surface area contributed by atoms with Crippen molar-refractivity contribution < 1.29 is 0 Å². The molecule has 1 heterocycles. The number of hydrogen-bond donors (Lipinski definition) is 0. The van der Waals surface area contributed by atoms with Crippen molar-refractivity contribution in [3.05, 3.63) is 113 Å². The van der Waals surface area contributed by atoms with Crippen molar-refractivity contribution in [2.75, 3.05) is 0 Å². The van der Waals surface area contributed by atoms with E-state index >= 15 is 0 Å². The maximum Gasteiger partial charge on any atom is 0.0433 e. The van der Waals surface area contributed by atoms with E-state index in [1.165, 1.54) is 53.6 Å². The largest absolute Gasteiger partial charge is 0.135 e. The average molecular weight is 437 g/mol. The summed E-state index contributed by atoms with van der Waals surface area (Å²) in [7, 11) is 0. The second kappa shape index (κ2) is 6.82. The van der Waals surface area contributed by atoms with E-state index in [1.807, 2.05) is 17.4 Å². The standard InChI is InChI=1S/C29H21ClS/c1-29(2)17-25(22-9-3-4-12-26(22)29)19-8-5-7-18(15-19)21-10-6-11-23-24-16-20(30)13-14-27(24)31-28(21)23/h3-17H,1-2H3. The predicted molar refractivity (Wildman–Crippen MR) is 136 cm³/mol. The fourth-order valence-electron chi connectivity index (χ4n) is 4.89. The molecule has 1 aliphatic rings. The van der Waals surface area contributed by atoms with Crippen molar-refractivity contribution >= 4 is 48.7 Å². The second-order valence-corrected chi connectivity index (χ2v) is 10.3. The van der Waals surface area contributed by atoms with Crippen molar-refractivity contribution in [2.24, 2.45) is 0 Å². The highest BCUT2D eigenvalue weighted by Crippen LogP contribution is 2.45. The highest BCUT2D eigenvalue weighted by molar-refractivity contribution is 7.26. The fourth-order valence-corrected chi connectivity index (χ4v) is 6.28. The van der Waals surface area contributed by atoms with Crippen LogP contribution >= 0.6 is 22.9 Å². The molecule has 0 saturated heterocycles. The van der Waals surface area contributed by atoms with Gasteiger partial charge in [-0.15, -0.1) is 11.3 Å². The van der Waals surface area contributed by atoms with Gasteiger partial charge in [0.2, 0.25) is 0 Å². The van der Waals surface area contributed by atoms with Gasteiger partial charge in [-0.1, -0.05) is 92.2 Å². The van der Waals surface area contributed by atoms with Crippen LogP contribution in [0.1, 0.15) is 30.5 Å². The van der Waals surface area contributed by atoms with Crippen molar-refractivity contribution in [3.63, 3.8) is 0 Å². The lowest BCUT2D eigenvalue weighted by Crippen LogP contribution is -2.10. The molecule has 0 amide bonds. The molecule has 4 aromatic carbocycles. The molecule has 31 heavy (non-hydrogen) atoms. The molecule has 0 unspecified atom stereocenters. The van der Waals surface area contributed by atoms with Crippen LogP contribution in [0.2, 0.25) is 5.02 Å². The smallest absolute Gasteiger partial charge is 0.0433 e. The lowest BCUT2D eigenvalue weighted by Gasteiger charge is -2.16. The van der Waals surface area contributed by atoms with Gasteiger partial charge in [0, 0.05) is 30.6 Å². The predicted octanol–water partition coefficient (Wildman–Crippen LogP) is 9.10. The van der Waals surface area contributed by atoms with Crippen LogP contribution in [0.4, 0.5) is 0 Å². The quantitative estimate of drug-likeness (QED) is 0.259. The number of benzene rings is 4. The van der Waals surface area contributed by atoms with Gasteiger partial charge < -0.3 is 0 Å². The molecule has 1 aromatic heterocycles. The average Bonchev–Trinajstić information content (AvgIpc) is 3.28. The molecule has 0 aliphatic heterocycles. The maximum atomic E-state index is 6.29. The lowest BCUT2D eigenvalue weighted by atomic mass is 9.87. The van der Waals surface area contributed by atoms with Gasteiger partial charge >= 0.3 is 0 Å². The third-order valence-corrected chi connectivity index (χ3v) is 7.81. The summed E-state index contributed by atoms with van der Waals surface area (Å²) in [6.07, 6.45) is 2.42. The van der Waals surface area contributed by atoms with E-state index in [0.717, 1.165) is 5.02 Å². The summed E-state index contributed by atoms with van der Waals surface area (Å²) in [6.45, 7) is 4.59. The SMILES string of the molecule is CC1(C)C=C(c2cccc(-c3cccc4c3sc3ccc(Cl)cc34)c2)c2ccccc21. The van der Waals surface area contributed by atoms with Crippen molar-refractivity contribution in [1.82, 2.24) is 0 Å². The van der Waals surface area contributed by atoms with Crippen LogP contribution in [-0.2, 0) is 5.41 Å². The number of fused-ring (bicyclic) bond motifs is 4. The van der Waals surface area contributed by atoms with Gasteiger partial charge in [-0.3, -0.25) is 0 Å². The zero-order valence-electron chi connectivity index (χ0n) is 17.4. The van der Waals surface area contributed by atoms with Crippen LogP contribution in [0.15, 0.2) is 91.0 Å². The Labute approximate surface area is 191 Å². The number of halogens is 1. The van der Waals surface area contributed by atoms with Gasteiger partial charge in [0.05, 0.1) is 0 Å². The van der Waals surface area contributed by atoms with E-state index in [2.05, 4.69) is 98.8 Å². The minimum absolute atomic E-state index is 0.0483. The molecule has 0 bridgehead atoms. The summed E-state index contributed by atoms with van der Waals surface area (Å²) < 4.78 is 2.59. The summed E-state index contributed by atoms with van der Waals surface area (Å²) in [5.74, 6) is 0. The van der Waals surface area contributed by atoms with Gasteiger partial charge in [-0.25, -0.2) is 0 Å². The number of rotatable bonds is 2. The third kappa shape index (κ3) is 2.96. The van der Waals surface area contributed by atoms with Crippen LogP contribution in [0.3, 0.4) is 0 Å². The summed E-state index contributed by atoms with van der Waals surface area (Å²) in [5, 5.41) is 3.30. The Kier molecular flexibility index (Phi) is 4.15. The summed E-state index contributed by atoms with van der Waals surface area (Å²) in [5.41, 5.74) is 7.94. The van der Waals surface area contributed by atoms with Gasteiger partial charge in [-0.05, 0) is 57.7 Å². The molecule has 150 valence electrons. The highest BCUT2D eigenvalue weighted by atomic mass is 35.5. The normalized spacial score (nSPS) is 14.7. The van der Waals surface area contributed by atoms with E-state index < -0.39 is 0 Å². The topological polar surface area (TPSA) is 0 Å². The Hall–Kier alpha value is -2.87. The molecule has 0 radical (unpaired) electrons. The molecular formula is C29H21ClS. The minimum atomic E-state index is 0.0483. The highest BCUT2D eigenvalue weighted by Gasteiger charge is 2.29. The Morgan fingerprint density at radius 1 is 0.710 bits per heavy atom. The van der Waals surface area contributed by atoms with E-state index in [4.69, 9.17) is 11.6 Å². The second-order valence-electron chi connectivity index (χ2n) is 8.83. The van der Waals surface area contributed by atoms with Crippen molar-refractivity contribution in [2.45, 2.75) is 19.3 Å². The molecule has 2 heteroatoms. The van der Waals surface area contributed by atoms with Gasteiger partial charge in [0.1, 0.15) is 0 Å². The number of allylic oxidation sites excluding steroid dienone is 1. The van der Waals surface area contributed by atoms with Crippen molar-refractivity contribution in [3.8, 4) is 11.1 Å². The Balaban J connectivity index is 1.54. The van der Waals surface area contributed by atoms with Crippen molar-refractivity contribution in [1.29, 1.82) is 0 Å². The molecular weight excluding hydrogens is 416 g/mol. The number of hydrogen-bond acceptors (Lipinski definition) is 1. The first-order valence-electron chi connectivity index (χ1n) is 10.6. The molecule has 0 saturated carbocycles. The first kappa shape index (κ1) is 18.9. The molecule has 0 atom stereocenters. The first-order chi connectivity index (χ1) is 15.0. The summed E-state index contributed by atoms with van der Waals surface area (Å²) in [6, 6.07) is 30.6. The van der Waals surface area contributed by atoms with Crippen LogP contribution < -0.4 is 0 Å². The fraction of sp³-hybridized carbons (Fsp3) is 0.103. The van der Waals surface area contributed by atoms with Gasteiger partial charge in [-0.2, -0.15) is 0 Å². The van der Waals surface area contributed by atoms with Gasteiger partial charge in [0.15, 0.2) is 0 Å². The Morgan fingerprint density at radius 2 is 1.48 bits per heavy atom. The third-order valence-electron chi connectivity index (χ3n) is 6.36. The zero-order chi connectivity index (χ0) is 21.2. The molecule has 0 fully saturated rings. The lowest BCUT2D eigenvalue weighted by molar-refractivity contribution is 0.683. The molecule has 0 N–H and O–H groups in total. The van der Waals surface area contributed by atoms with Crippen LogP contribution in [0, 0.1) is 0 Å². The summed E-state index contributed by atoms with van der Waals surface area (Å²) in [4.78, 5) is 0. The molecule has 0 spiro atoms. The number of thiophene rings is 1. The summed E-state index contributed by atoms with van der Waals surface area (Å²) >= 11 is 8.13. The Morgan fingerprint density at radius 3 is 2.39 bits per heavy atom. The van der Waals surface area contributed by atoms with Crippen LogP contribution in [0.25, 0.3) is 36.9 Å². The molecule has 6 rings (SSSR count).